The molecule has 7 heavy (non-hydrogen) atoms. The smallest absolute Gasteiger partial charge is 0.145 e. The van der Waals surface area contributed by atoms with Gasteiger partial charge in [-0.25, -0.2) is 4.98 Å². The zero-order chi connectivity index (χ0) is 5.11. The SMILES string of the molecule is C[CH]c1ncsn1. The van der Waals surface area contributed by atoms with Gasteiger partial charge in [0.2, 0.25) is 0 Å². The van der Waals surface area contributed by atoms with Crippen LogP contribution in [0, 0.1) is 6.42 Å². The number of hydrogen-bond acceptors (Lipinski definition) is 3. The molecular weight excluding hydrogens is 108 g/mol. The minimum absolute atomic E-state index is 0.824. The molecule has 0 saturated heterocycles. The summed E-state index contributed by atoms with van der Waals surface area (Å²) in [4.78, 5) is 3.89. The molecule has 1 radical (unpaired) electrons. The molecule has 3 heteroatoms. The van der Waals surface area contributed by atoms with Gasteiger partial charge in [-0.2, -0.15) is 4.37 Å². The van der Waals surface area contributed by atoms with Gasteiger partial charge in [-0.15, -0.1) is 0 Å². The Morgan fingerprint density at radius 1 is 1.86 bits per heavy atom. The molecule has 2 nitrogen and oxygen atoms in total. The second-order valence-electron chi connectivity index (χ2n) is 1.08. The monoisotopic (exact) mass is 113 g/mol. The maximum atomic E-state index is 3.91. The highest BCUT2D eigenvalue weighted by atomic mass is 32.1. The van der Waals surface area contributed by atoms with Crippen molar-refractivity contribution in [1.82, 2.24) is 9.36 Å². The zero-order valence-electron chi connectivity index (χ0n) is 3.96. The summed E-state index contributed by atoms with van der Waals surface area (Å²) in [7, 11) is 0. The summed E-state index contributed by atoms with van der Waals surface area (Å²) in [6, 6.07) is 0. The minimum atomic E-state index is 0.824. The lowest BCUT2D eigenvalue weighted by molar-refractivity contribution is 1.17. The van der Waals surface area contributed by atoms with Crippen LogP contribution in [0.2, 0.25) is 0 Å². The van der Waals surface area contributed by atoms with E-state index in [0.717, 1.165) is 5.82 Å². The van der Waals surface area contributed by atoms with E-state index in [0.29, 0.717) is 0 Å². The molecule has 0 bridgehead atoms. The topological polar surface area (TPSA) is 25.8 Å². The van der Waals surface area contributed by atoms with Gasteiger partial charge < -0.3 is 0 Å². The number of nitrogens with zero attached hydrogens (tertiary/aromatic N) is 2. The van der Waals surface area contributed by atoms with E-state index in [1.807, 2.05) is 13.3 Å². The van der Waals surface area contributed by atoms with Crippen LogP contribution in [-0.4, -0.2) is 9.36 Å². The van der Waals surface area contributed by atoms with Crippen LogP contribution in [0.1, 0.15) is 12.7 Å². The van der Waals surface area contributed by atoms with Crippen LogP contribution in [0.5, 0.6) is 0 Å². The van der Waals surface area contributed by atoms with Crippen molar-refractivity contribution < 1.29 is 0 Å². The van der Waals surface area contributed by atoms with E-state index in [1.165, 1.54) is 11.5 Å². The Hall–Kier alpha value is -0.440. The predicted octanol–water partition coefficient (Wildman–Crippen LogP) is 1.11. The highest BCUT2D eigenvalue weighted by molar-refractivity contribution is 7.03. The van der Waals surface area contributed by atoms with Gasteiger partial charge >= 0.3 is 0 Å². The second-order valence-corrected chi connectivity index (χ2v) is 1.68. The largest absolute Gasteiger partial charge is 0.228 e. The van der Waals surface area contributed by atoms with Crippen LogP contribution >= 0.6 is 11.5 Å². The fraction of sp³-hybridized carbons (Fsp3) is 0.250. The summed E-state index contributed by atoms with van der Waals surface area (Å²) >= 11 is 1.37. The molecule has 0 aliphatic rings. The maximum absolute atomic E-state index is 3.91. The summed E-state index contributed by atoms with van der Waals surface area (Å²) in [5.74, 6) is 0.824. The Labute approximate surface area is 46.4 Å². The molecule has 0 unspecified atom stereocenters. The average molecular weight is 113 g/mol. The first-order valence-electron chi connectivity index (χ1n) is 1.99. The average Bonchev–Trinajstić information content (AvgIpc) is 2.14. The zero-order valence-corrected chi connectivity index (χ0v) is 4.77. The van der Waals surface area contributed by atoms with Gasteiger partial charge in [0.1, 0.15) is 11.3 Å². The summed E-state index contributed by atoms with van der Waals surface area (Å²) in [6.07, 6.45) is 1.87. The first-order valence-corrected chi connectivity index (χ1v) is 2.83. The third kappa shape index (κ3) is 0.962. The Morgan fingerprint density at radius 3 is 3.00 bits per heavy atom. The lowest BCUT2D eigenvalue weighted by Crippen LogP contribution is -1.75. The lowest BCUT2D eigenvalue weighted by atomic mass is 10.5. The highest BCUT2D eigenvalue weighted by Gasteiger charge is 1.86. The van der Waals surface area contributed by atoms with Gasteiger partial charge in [0.25, 0.3) is 0 Å². The van der Waals surface area contributed by atoms with Gasteiger partial charge in [0.05, 0.1) is 0 Å². The molecule has 1 heterocycles. The Bertz CT molecular complexity index is 124. The van der Waals surface area contributed by atoms with Gasteiger partial charge in [0.15, 0.2) is 0 Å². The molecular formula is C4H5N2S. The van der Waals surface area contributed by atoms with E-state index < -0.39 is 0 Å². The first-order chi connectivity index (χ1) is 3.43. The van der Waals surface area contributed by atoms with Crippen molar-refractivity contribution in [3.05, 3.63) is 17.8 Å². The van der Waals surface area contributed by atoms with Gasteiger partial charge in [-0.1, -0.05) is 6.92 Å². The summed E-state index contributed by atoms with van der Waals surface area (Å²) in [6.45, 7) is 1.92. The molecule has 1 aromatic rings. The molecule has 0 amide bonds. The van der Waals surface area contributed by atoms with Crippen molar-refractivity contribution in [2.75, 3.05) is 0 Å². The van der Waals surface area contributed by atoms with E-state index in [2.05, 4.69) is 9.36 Å². The Morgan fingerprint density at radius 2 is 2.71 bits per heavy atom. The fourth-order valence-electron chi connectivity index (χ4n) is 0.306. The van der Waals surface area contributed by atoms with Crippen LogP contribution in [0.4, 0.5) is 0 Å². The third-order valence-electron chi connectivity index (χ3n) is 0.637. The van der Waals surface area contributed by atoms with E-state index >= 15 is 0 Å². The van der Waals surface area contributed by atoms with Crippen LogP contribution < -0.4 is 0 Å². The molecule has 1 rings (SSSR count). The van der Waals surface area contributed by atoms with Crippen molar-refractivity contribution in [1.29, 1.82) is 0 Å². The van der Waals surface area contributed by atoms with E-state index in [1.54, 1.807) is 5.51 Å². The molecule has 0 fully saturated rings. The van der Waals surface area contributed by atoms with Crippen LogP contribution in [0.25, 0.3) is 0 Å². The molecule has 0 aliphatic carbocycles. The van der Waals surface area contributed by atoms with Gasteiger partial charge in [0, 0.05) is 6.42 Å². The predicted molar refractivity (Wildman–Crippen MR) is 29.0 cm³/mol. The maximum Gasteiger partial charge on any atom is 0.145 e. The molecule has 37 valence electrons. The van der Waals surface area contributed by atoms with Crippen LogP contribution in [0.3, 0.4) is 0 Å². The van der Waals surface area contributed by atoms with Crippen LogP contribution in [-0.2, 0) is 0 Å². The Balaban J connectivity index is 2.76. The van der Waals surface area contributed by atoms with Gasteiger partial charge in [-0.05, 0) is 11.5 Å². The number of aromatic nitrogens is 2. The molecule has 0 atom stereocenters. The van der Waals surface area contributed by atoms with Crippen molar-refractivity contribution in [2.45, 2.75) is 6.92 Å². The molecule has 1 aromatic heterocycles. The van der Waals surface area contributed by atoms with Crippen molar-refractivity contribution in [3.8, 4) is 0 Å². The molecule has 0 aliphatic heterocycles. The number of rotatable bonds is 1. The van der Waals surface area contributed by atoms with Crippen molar-refractivity contribution in [2.24, 2.45) is 0 Å². The molecule has 0 saturated carbocycles. The molecule has 0 aromatic carbocycles. The number of hydrogen-bond donors (Lipinski definition) is 0. The van der Waals surface area contributed by atoms with Crippen molar-refractivity contribution >= 4 is 11.5 Å². The normalized spacial score (nSPS) is 9.29. The van der Waals surface area contributed by atoms with Gasteiger partial charge in [-0.3, -0.25) is 0 Å². The molecule has 0 spiro atoms. The molecule has 0 N–H and O–H groups in total. The lowest BCUT2D eigenvalue weighted by Gasteiger charge is -1.74. The van der Waals surface area contributed by atoms with E-state index in [9.17, 15) is 0 Å². The van der Waals surface area contributed by atoms with Crippen LogP contribution in [0.15, 0.2) is 5.51 Å². The van der Waals surface area contributed by atoms with Crippen molar-refractivity contribution in [3.63, 3.8) is 0 Å². The van der Waals surface area contributed by atoms with E-state index in [-0.39, 0.29) is 0 Å². The Kier molecular flexibility index (Phi) is 1.36. The highest BCUT2D eigenvalue weighted by Crippen LogP contribution is 1.94. The summed E-state index contributed by atoms with van der Waals surface area (Å²) < 4.78 is 3.91. The minimum Gasteiger partial charge on any atom is -0.228 e. The first kappa shape index (κ1) is 4.71. The van der Waals surface area contributed by atoms with E-state index in [4.69, 9.17) is 0 Å². The third-order valence-corrected chi connectivity index (χ3v) is 1.13. The second kappa shape index (κ2) is 2.02. The quantitative estimate of drug-likeness (QED) is 0.545. The summed E-state index contributed by atoms with van der Waals surface area (Å²) in [5, 5.41) is 0. The summed E-state index contributed by atoms with van der Waals surface area (Å²) in [5.41, 5.74) is 1.72. The fourth-order valence-corrected chi connectivity index (χ4v) is 0.769. The standard InChI is InChI=1S/C4H5N2S/c1-2-4-5-3-7-6-4/h2-3H,1H3.